The number of ether oxygens (including phenoxy) is 2. The zero-order valence-corrected chi connectivity index (χ0v) is 9.12. The van der Waals surface area contributed by atoms with Crippen molar-refractivity contribution in [1.82, 2.24) is 0 Å². The fourth-order valence-corrected chi connectivity index (χ4v) is 1.50. The smallest absolute Gasteiger partial charge is 0.334 e. The average molecular weight is 200 g/mol. The summed E-state index contributed by atoms with van der Waals surface area (Å²) >= 11 is 0. The molecule has 1 aliphatic rings. The summed E-state index contributed by atoms with van der Waals surface area (Å²) in [6.45, 7) is 2.11. The van der Waals surface area contributed by atoms with Crippen molar-refractivity contribution in [1.29, 1.82) is 0 Å². The molecule has 0 saturated heterocycles. The van der Waals surface area contributed by atoms with Crippen molar-refractivity contribution >= 4 is 5.97 Å². The van der Waals surface area contributed by atoms with Gasteiger partial charge in [0.05, 0.1) is 13.2 Å². The van der Waals surface area contributed by atoms with E-state index in [1.54, 1.807) is 0 Å². The highest BCUT2D eigenvalue weighted by Crippen LogP contribution is 2.24. The van der Waals surface area contributed by atoms with Crippen LogP contribution in [-0.2, 0) is 14.3 Å². The van der Waals surface area contributed by atoms with Crippen LogP contribution >= 0.6 is 0 Å². The van der Waals surface area contributed by atoms with Crippen LogP contribution in [0, 0.1) is 0 Å². The van der Waals surface area contributed by atoms with Crippen molar-refractivity contribution in [2.45, 2.75) is 57.7 Å². The molecule has 3 heteroatoms. The van der Waals surface area contributed by atoms with Gasteiger partial charge in [-0.25, -0.2) is 4.79 Å². The zero-order valence-electron chi connectivity index (χ0n) is 9.12. The monoisotopic (exact) mass is 200 g/mol. The van der Waals surface area contributed by atoms with Crippen molar-refractivity contribution in [3.05, 3.63) is 0 Å². The summed E-state index contributed by atoms with van der Waals surface area (Å²) in [5, 5.41) is 0. The van der Waals surface area contributed by atoms with E-state index in [-0.39, 0.29) is 12.1 Å². The van der Waals surface area contributed by atoms with E-state index in [1.807, 2.05) is 0 Å². The molecule has 0 radical (unpaired) electrons. The van der Waals surface area contributed by atoms with Crippen molar-refractivity contribution in [2.24, 2.45) is 0 Å². The van der Waals surface area contributed by atoms with Crippen LogP contribution in [0.15, 0.2) is 0 Å². The van der Waals surface area contributed by atoms with Crippen molar-refractivity contribution in [3.63, 3.8) is 0 Å². The van der Waals surface area contributed by atoms with Crippen LogP contribution < -0.4 is 0 Å². The molecule has 1 atom stereocenters. The summed E-state index contributed by atoms with van der Waals surface area (Å²) in [5.41, 5.74) is 0. The summed E-state index contributed by atoms with van der Waals surface area (Å²) in [5.74, 6) is -0.217. The second kappa shape index (κ2) is 6.02. The Balaban J connectivity index is 2.30. The SMILES string of the molecule is CCCCC(OC1CCC1)C(=O)OC. The number of esters is 1. The first-order valence-electron chi connectivity index (χ1n) is 5.51. The van der Waals surface area contributed by atoms with Gasteiger partial charge in [-0.1, -0.05) is 19.8 Å². The number of methoxy groups -OCH3 is 1. The predicted molar refractivity (Wildman–Crippen MR) is 54.1 cm³/mol. The maximum absolute atomic E-state index is 11.3. The maximum Gasteiger partial charge on any atom is 0.334 e. The van der Waals surface area contributed by atoms with Gasteiger partial charge >= 0.3 is 5.97 Å². The molecule has 3 nitrogen and oxygen atoms in total. The molecule has 1 aliphatic carbocycles. The molecule has 1 unspecified atom stereocenters. The number of hydrogen-bond donors (Lipinski definition) is 0. The van der Waals surface area contributed by atoms with E-state index in [4.69, 9.17) is 9.47 Å². The number of hydrogen-bond acceptors (Lipinski definition) is 3. The summed E-state index contributed by atoms with van der Waals surface area (Å²) in [6.07, 6.45) is 6.29. The highest BCUT2D eigenvalue weighted by molar-refractivity contribution is 5.74. The molecular formula is C11H20O3. The number of rotatable bonds is 6. The van der Waals surface area contributed by atoms with Crippen LogP contribution in [0.2, 0.25) is 0 Å². The minimum atomic E-state index is -0.328. The van der Waals surface area contributed by atoms with Gasteiger partial charge in [0, 0.05) is 0 Å². The molecule has 0 spiro atoms. The molecule has 1 rings (SSSR count). The van der Waals surface area contributed by atoms with E-state index in [0.29, 0.717) is 6.10 Å². The molecule has 14 heavy (non-hydrogen) atoms. The van der Waals surface area contributed by atoms with Crippen molar-refractivity contribution < 1.29 is 14.3 Å². The largest absolute Gasteiger partial charge is 0.467 e. The standard InChI is InChI=1S/C11H20O3/c1-3-4-8-10(11(12)13-2)14-9-6-5-7-9/h9-10H,3-8H2,1-2H3. The molecular weight excluding hydrogens is 180 g/mol. The second-order valence-corrected chi connectivity index (χ2v) is 3.84. The molecule has 82 valence electrons. The average Bonchev–Trinajstić information content (AvgIpc) is 2.14. The minimum Gasteiger partial charge on any atom is -0.467 e. The molecule has 0 aromatic carbocycles. The molecule has 0 aromatic heterocycles. The lowest BCUT2D eigenvalue weighted by Crippen LogP contribution is -2.33. The fourth-order valence-electron chi connectivity index (χ4n) is 1.50. The summed E-state index contributed by atoms with van der Waals surface area (Å²) in [4.78, 5) is 11.3. The number of unbranched alkanes of at least 4 members (excludes halogenated alkanes) is 1. The van der Waals surface area contributed by atoms with E-state index in [2.05, 4.69) is 6.92 Å². The third kappa shape index (κ3) is 3.29. The maximum atomic E-state index is 11.3. The van der Waals surface area contributed by atoms with Crippen LogP contribution in [-0.4, -0.2) is 25.3 Å². The third-order valence-corrected chi connectivity index (χ3v) is 2.69. The van der Waals surface area contributed by atoms with Crippen LogP contribution in [0.3, 0.4) is 0 Å². The number of carbonyl (C=O) groups excluding carboxylic acids is 1. The minimum absolute atomic E-state index is 0.217. The highest BCUT2D eigenvalue weighted by Gasteiger charge is 2.27. The molecule has 0 aliphatic heterocycles. The Kier molecular flexibility index (Phi) is 4.94. The quantitative estimate of drug-likeness (QED) is 0.617. The van der Waals surface area contributed by atoms with E-state index in [0.717, 1.165) is 32.1 Å². The lowest BCUT2D eigenvalue weighted by Gasteiger charge is -2.29. The van der Waals surface area contributed by atoms with Gasteiger partial charge in [0.2, 0.25) is 0 Å². The Labute approximate surface area is 85.8 Å². The highest BCUT2D eigenvalue weighted by atomic mass is 16.6. The van der Waals surface area contributed by atoms with Crippen LogP contribution in [0.25, 0.3) is 0 Å². The van der Waals surface area contributed by atoms with Gasteiger partial charge in [-0.3, -0.25) is 0 Å². The lowest BCUT2D eigenvalue weighted by atomic mass is 9.96. The molecule has 0 bridgehead atoms. The first-order valence-corrected chi connectivity index (χ1v) is 5.51. The summed E-state index contributed by atoms with van der Waals surface area (Å²) < 4.78 is 10.4. The van der Waals surface area contributed by atoms with Crippen molar-refractivity contribution in [3.8, 4) is 0 Å². The summed E-state index contributed by atoms with van der Waals surface area (Å²) in [7, 11) is 1.42. The molecule has 0 heterocycles. The zero-order chi connectivity index (χ0) is 10.4. The van der Waals surface area contributed by atoms with E-state index in [9.17, 15) is 4.79 Å². The molecule has 1 saturated carbocycles. The van der Waals surface area contributed by atoms with Gasteiger partial charge < -0.3 is 9.47 Å². The first-order chi connectivity index (χ1) is 6.77. The number of carbonyl (C=O) groups is 1. The Bertz CT molecular complexity index is 175. The van der Waals surface area contributed by atoms with E-state index >= 15 is 0 Å². The molecule has 0 N–H and O–H groups in total. The second-order valence-electron chi connectivity index (χ2n) is 3.84. The topological polar surface area (TPSA) is 35.5 Å². The normalized spacial score (nSPS) is 18.7. The molecule has 1 fully saturated rings. The first kappa shape index (κ1) is 11.5. The Morgan fingerprint density at radius 1 is 1.50 bits per heavy atom. The lowest BCUT2D eigenvalue weighted by molar-refractivity contribution is -0.162. The summed E-state index contributed by atoms with van der Waals surface area (Å²) in [6, 6.07) is 0. The molecule has 0 amide bonds. The molecule has 0 aromatic rings. The Morgan fingerprint density at radius 3 is 2.64 bits per heavy atom. The van der Waals surface area contributed by atoms with E-state index in [1.165, 1.54) is 13.5 Å². The van der Waals surface area contributed by atoms with Gasteiger partial charge in [-0.15, -0.1) is 0 Å². The van der Waals surface area contributed by atoms with Crippen LogP contribution in [0.4, 0.5) is 0 Å². The van der Waals surface area contributed by atoms with Gasteiger partial charge in [-0.2, -0.15) is 0 Å². The fraction of sp³-hybridized carbons (Fsp3) is 0.909. The Morgan fingerprint density at radius 2 is 2.21 bits per heavy atom. The van der Waals surface area contributed by atoms with Gasteiger partial charge in [0.15, 0.2) is 6.10 Å². The van der Waals surface area contributed by atoms with Gasteiger partial charge in [0.1, 0.15) is 0 Å². The van der Waals surface area contributed by atoms with Crippen LogP contribution in [0.1, 0.15) is 45.4 Å². The van der Waals surface area contributed by atoms with Gasteiger partial charge in [-0.05, 0) is 25.7 Å². The third-order valence-electron chi connectivity index (χ3n) is 2.69. The predicted octanol–water partition coefficient (Wildman–Crippen LogP) is 2.29. The van der Waals surface area contributed by atoms with Crippen molar-refractivity contribution in [2.75, 3.05) is 7.11 Å². The van der Waals surface area contributed by atoms with Gasteiger partial charge in [0.25, 0.3) is 0 Å². The Hall–Kier alpha value is -0.570. The van der Waals surface area contributed by atoms with E-state index < -0.39 is 0 Å². The van der Waals surface area contributed by atoms with Crippen LogP contribution in [0.5, 0.6) is 0 Å².